The highest BCUT2D eigenvalue weighted by Gasteiger charge is 2.14. The molecule has 0 aliphatic rings. The Labute approximate surface area is 161 Å². The maximum atomic E-state index is 12.3. The number of carbonyl (C=O) groups is 1. The summed E-state index contributed by atoms with van der Waals surface area (Å²) in [6, 6.07) is 9.40. The Morgan fingerprint density at radius 2 is 1.89 bits per heavy atom. The number of carbonyl (C=O) groups excluding carboxylic acids is 1. The van der Waals surface area contributed by atoms with Gasteiger partial charge in [0.05, 0.1) is 30.4 Å². The summed E-state index contributed by atoms with van der Waals surface area (Å²) in [6.07, 6.45) is 0. The number of benzene rings is 2. The molecule has 0 heterocycles. The summed E-state index contributed by atoms with van der Waals surface area (Å²) in [7, 11) is 0. The third-order valence-corrected chi connectivity index (χ3v) is 3.75. The van der Waals surface area contributed by atoms with E-state index in [0.717, 1.165) is 0 Å². The first-order valence-electron chi connectivity index (χ1n) is 8.31. The number of ether oxygens (including phenoxy) is 2. The zero-order valence-electron chi connectivity index (χ0n) is 15.0. The van der Waals surface area contributed by atoms with Gasteiger partial charge in [-0.1, -0.05) is 11.6 Å². The first-order chi connectivity index (χ1) is 12.9. The second-order valence-electron chi connectivity index (χ2n) is 5.35. The van der Waals surface area contributed by atoms with Crippen molar-refractivity contribution >= 4 is 34.6 Å². The lowest BCUT2D eigenvalue weighted by molar-refractivity contribution is -0.384. The van der Waals surface area contributed by atoms with Gasteiger partial charge in [0.2, 0.25) is 5.91 Å². The van der Waals surface area contributed by atoms with E-state index in [0.29, 0.717) is 36.1 Å². The summed E-state index contributed by atoms with van der Waals surface area (Å²) in [6.45, 7) is 4.56. The number of nitro groups is 1. The molecule has 0 saturated carbocycles. The number of amides is 1. The molecule has 0 bridgehead atoms. The number of nitrogens with one attached hydrogen (secondary N) is 2. The maximum absolute atomic E-state index is 12.3. The molecule has 0 fully saturated rings. The van der Waals surface area contributed by atoms with Crippen LogP contribution in [0, 0.1) is 10.1 Å². The lowest BCUT2D eigenvalue weighted by Gasteiger charge is -2.14. The number of hydrogen-bond acceptors (Lipinski definition) is 6. The Bertz CT molecular complexity index is 829. The molecular weight excluding hydrogens is 374 g/mol. The van der Waals surface area contributed by atoms with E-state index in [1.54, 1.807) is 24.3 Å². The van der Waals surface area contributed by atoms with Crippen molar-refractivity contribution in [3.8, 4) is 11.5 Å². The summed E-state index contributed by atoms with van der Waals surface area (Å²) in [5.41, 5.74) is 0.663. The van der Waals surface area contributed by atoms with Crippen LogP contribution in [-0.2, 0) is 4.79 Å². The molecule has 0 saturated heterocycles. The highest BCUT2D eigenvalue weighted by molar-refractivity contribution is 6.32. The van der Waals surface area contributed by atoms with E-state index >= 15 is 0 Å². The van der Waals surface area contributed by atoms with Crippen molar-refractivity contribution in [1.82, 2.24) is 0 Å². The predicted molar refractivity (Wildman–Crippen MR) is 104 cm³/mol. The predicted octanol–water partition coefficient (Wildman–Crippen LogP) is 4.10. The molecule has 0 aromatic heterocycles. The molecule has 27 heavy (non-hydrogen) atoms. The van der Waals surface area contributed by atoms with Gasteiger partial charge in [-0.15, -0.1) is 0 Å². The highest BCUT2D eigenvalue weighted by atomic mass is 35.5. The average Bonchev–Trinajstić information content (AvgIpc) is 2.63. The Hall–Kier alpha value is -3.00. The number of nitro benzene ring substituents is 1. The first kappa shape index (κ1) is 20.3. The molecule has 2 aromatic rings. The van der Waals surface area contributed by atoms with Crippen LogP contribution >= 0.6 is 11.6 Å². The Morgan fingerprint density at radius 1 is 1.15 bits per heavy atom. The van der Waals surface area contributed by atoms with Crippen molar-refractivity contribution in [3.05, 3.63) is 51.5 Å². The van der Waals surface area contributed by atoms with E-state index < -0.39 is 4.92 Å². The zero-order valence-corrected chi connectivity index (χ0v) is 15.7. The quantitative estimate of drug-likeness (QED) is 0.491. The minimum atomic E-state index is -0.582. The van der Waals surface area contributed by atoms with Crippen LogP contribution in [0.3, 0.4) is 0 Å². The van der Waals surface area contributed by atoms with E-state index in [1.807, 2.05) is 13.8 Å². The van der Waals surface area contributed by atoms with Gasteiger partial charge in [0.25, 0.3) is 5.69 Å². The number of hydrogen-bond donors (Lipinski definition) is 2. The van der Waals surface area contributed by atoms with Crippen molar-refractivity contribution in [2.24, 2.45) is 0 Å². The fourth-order valence-electron chi connectivity index (χ4n) is 2.28. The standard InChI is InChI=1S/C18H20ClN3O5/c1-3-26-13-6-8-17(27-4-2)15(10-13)21-18(23)11-20-12-5-7-14(19)16(9-12)22(24)25/h5-10,20H,3-4,11H2,1-2H3,(H,21,23). The SMILES string of the molecule is CCOc1ccc(OCC)c(NC(=O)CNc2ccc(Cl)c([N+](=O)[O-])c2)c1. The van der Waals surface area contributed by atoms with Gasteiger partial charge in [-0.2, -0.15) is 0 Å². The fourth-order valence-corrected chi connectivity index (χ4v) is 2.47. The van der Waals surface area contributed by atoms with E-state index in [4.69, 9.17) is 21.1 Å². The van der Waals surface area contributed by atoms with Crippen LogP contribution in [0.25, 0.3) is 0 Å². The van der Waals surface area contributed by atoms with Crippen molar-refractivity contribution < 1.29 is 19.2 Å². The van der Waals surface area contributed by atoms with Crippen LogP contribution in [0.5, 0.6) is 11.5 Å². The largest absolute Gasteiger partial charge is 0.494 e. The van der Waals surface area contributed by atoms with Gasteiger partial charge in [0.15, 0.2) is 0 Å². The van der Waals surface area contributed by atoms with Crippen LogP contribution < -0.4 is 20.1 Å². The third-order valence-electron chi connectivity index (χ3n) is 3.43. The Morgan fingerprint density at radius 3 is 2.56 bits per heavy atom. The third kappa shape index (κ3) is 5.75. The zero-order chi connectivity index (χ0) is 19.8. The Kier molecular flexibility index (Phi) is 7.25. The minimum absolute atomic E-state index is 0.0316. The van der Waals surface area contributed by atoms with Gasteiger partial charge < -0.3 is 20.1 Å². The molecule has 0 radical (unpaired) electrons. The van der Waals surface area contributed by atoms with Crippen molar-refractivity contribution in [1.29, 1.82) is 0 Å². The van der Waals surface area contributed by atoms with Crippen molar-refractivity contribution in [2.75, 3.05) is 30.4 Å². The minimum Gasteiger partial charge on any atom is -0.494 e. The molecule has 0 aliphatic carbocycles. The molecule has 2 rings (SSSR count). The molecule has 0 unspecified atom stereocenters. The second kappa shape index (κ2) is 9.63. The molecule has 2 N–H and O–H groups in total. The van der Waals surface area contributed by atoms with Gasteiger partial charge in [-0.25, -0.2) is 0 Å². The first-order valence-corrected chi connectivity index (χ1v) is 8.69. The van der Waals surface area contributed by atoms with Crippen LogP contribution in [0.1, 0.15) is 13.8 Å². The maximum Gasteiger partial charge on any atom is 0.289 e. The van der Waals surface area contributed by atoms with E-state index in [9.17, 15) is 14.9 Å². The summed E-state index contributed by atoms with van der Waals surface area (Å²) in [4.78, 5) is 22.6. The summed E-state index contributed by atoms with van der Waals surface area (Å²) in [5.74, 6) is 0.788. The monoisotopic (exact) mass is 393 g/mol. The van der Waals surface area contributed by atoms with Crippen LogP contribution in [0.2, 0.25) is 5.02 Å². The molecule has 2 aromatic carbocycles. The molecule has 144 valence electrons. The normalized spacial score (nSPS) is 10.2. The fraction of sp³-hybridized carbons (Fsp3) is 0.278. The average molecular weight is 394 g/mol. The Balaban J connectivity index is 2.06. The number of halogens is 1. The highest BCUT2D eigenvalue weighted by Crippen LogP contribution is 2.30. The van der Waals surface area contributed by atoms with Crippen LogP contribution in [0.15, 0.2) is 36.4 Å². The molecule has 8 nitrogen and oxygen atoms in total. The van der Waals surface area contributed by atoms with E-state index in [-0.39, 0.29) is 23.2 Å². The number of rotatable bonds is 9. The molecular formula is C18H20ClN3O5. The van der Waals surface area contributed by atoms with Gasteiger partial charge in [0.1, 0.15) is 16.5 Å². The van der Waals surface area contributed by atoms with Crippen molar-refractivity contribution in [2.45, 2.75) is 13.8 Å². The van der Waals surface area contributed by atoms with Crippen LogP contribution in [-0.4, -0.2) is 30.6 Å². The summed E-state index contributed by atoms with van der Waals surface area (Å²) < 4.78 is 10.9. The van der Waals surface area contributed by atoms with Crippen LogP contribution in [0.4, 0.5) is 17.1 Å². The number of anilines is 2. The summed E-state index contributed by atoms with van der Waals surface area (Å²) >= 11 is 5.77. The smallest absolute Gasteiger partial charge is 0.289 e. The number of nitrogens with zero attached hydrogens (tertiary/aromatic N) is 1. The van der Waals surface area contributed by atoms with Gasteiger partial charge >= 0.3 is 0 Å². The van der Waals surface area contributed by atoms with E-state index in [2.05, 4.69) is 10.6 Å². The van der Waals surface area contributed by atoms with Gasteiger partial charge in [0, 0.05) is 17.8 Å². The van der Waals surface area contributed by atoms with Crippen molar-refractivity contribution in [3.63, 3.8) is 0 Å². The second-order valence-corrected chi connectivity index (χ2v) is 5.76. The molecule has 9 heteroatoms. The van der Waals surface area contributed by atoms with Gasteiger partial charge in [-0.05, 0) is 38.1 Å². The summed E-state index contributed by atoms with van der Waals surface area (Å²) in [5, 5.41) is 16.5. The van der Waals surface area contributed by atoms with Gasteiger partial charge in [-0.3, -0.25) is 14.9 Å². The molecule has 0 aliphatic heterocycles. The van der Waals surface area contributed by atoms with E-state index in [1.165, 1.54) is 12.1 Å². The lowest BCUT2D eigenvalue weighted by atomic mass is 10.2. The lowest BCUT2D eigenvalue weighted by Crippen LogP contribution is -2.22. The molecule has 1 amide bonds. The molecule has 0 spiro atoms. The molecule has 0 atom stereocenters. The topological polar surface area (TPSA) is 103 Å².